The van der Waals surface area contributed by atoms with Crippen LogP contribution in [0.25, 0.3) is 0 Å². The van der Waals surface area contributed by atoms with Gasteiger partial charge >= 0.3 is 12.1 Å². The highest BCUT2D eigenvalue weighted by atomic mass is 16.6. The second-order valence-corrected chi connectivity index (χ2v) is 18.7. The Balaban J connectivity index is 1.36. The van der Waals surface area contributed by atoms with Crippen LogP contribution in [0.2, 0.25) is 0 Å². The SMILES string of the molecule is COCCOC(=O)N1C(=O)C2(c3cc(C#CC4(O)CCCCCC4)ccc31)C(C(=O)N1CCCCCCC1)C1C(=O)OC(c3ccccc3)C(c3ccccc3)N1C2c1cccc(OCCO)c1. The lowest BCUT2D eigenvalue weighted by molar-refractivity contribution is -0.179. The molecule has 2 N–H and O–H groups in total. The van der Waals surface area contributed by atoms with Crippen molar-refractivity contribution in [2.45, 2.75) is 106 Å². The van der Waals surface area contributed by atoms with E-state index in [2.05, 4.69) is 11.8 Å². The molecule has 0 bridgehead atoms. The predicted octanol–water partition coefficient (Wildman–Crippen LogP) is 7.74. The van der Waals surface area contributed by atoms with Gasteiger partial charge in [-0.2, -0.15) is 0 Å². The van der Waals surface area contributed by atoms with Gasteiger partial charge in [-0.15, -0.1) is 0 Å². The first-order valence-electron chi connectivity index (χ1n) is 24.3. The number of aliphatic hydroxyl groups excluding tert-OH is 1. The van der Waals surface area contributed by atoms with E-state index in [1.807, 2.05) is 71.6 Å². The lowest BCUT2D eigenvalue weighted by atomic mass is 9.64. The van der Waals surface area contributed by atoms with Gasteiger partial charge in [-0.3, -0.25) is 19.3 Å². The lowest BCUT2D eigenvalue weighted by Gasteiger charge is -2.46. The molecule has 4 heterocycles. The summed E-state index contributed by atoms with van der Waals surface area (Å²) >= 11 is 0. The highest BCUT2D eigenvalue weighted by Crippen LogP contribution is 2.66. The minimum absolute atomic E-state index is 0.00600. The van der Waals surface area contributed by atoms with E-state index in [-0.39, 0.29) is 32.1 Å². The third kappa shape index (κ3) is 8.91. The molecule has 6 atom stereocenters. The average molecular weight is 924 g/mol. The summed E-state index contributed by atoms with van der Waals surface area (Å²) in [5.74, 6) is 3.62. The number of likely N-dealkylation sites (tertiary alicyclic amines) is 1. The maximum atomic E-state index is 16.6. The molecule has 4 aromatic rings. The monoisotopic (exact) mass is 923 g/mol. The summed E-state index contributed by atoms with van der Waals surface area (Å²) in [6.07, 6.45) is 7.29. The fraction of sp³-hybridized carbons (Fsp3) is 0.455. The van der Waals surface area contributed by atoms with Gasteiger partial charge in [0.25, 0.3) is 0 Å². The van der Waals surface area contributed by atoms with Crippen LogP contribution in [0, 0.1) is 17.8 Å². The Morgan fingerprint density at radius 3 is 2.10 bits per heavy atom. The number of aliphatic hydroxyl groups is 2. The van der Waals surface area contributed by atoms with Gasteiger partial charge in [-0.05, 0) is 91.1 Å². The van der Waals surface area contributed by atoms with E-state index in [0.717, 1.165) is 73.8 Å². The molecule has 356 valence electrons. The van der Waals surface area contributed by atoms with Gasteiger partial charge in [0.2, 0.25) is 11.8 Å². The standard InChI is InChI=1S/C55H61N3O10/c1-65-34-35-67-53(63)57-44-25-24-38(26-29-54(64)27-13-3-4-14-28-54)36-43(44)55(52(57)62)45(50(60)56-30-15-5-2-6-16-31-56)47-51(61)68-48(40-20-11-8-12-21-40)46(39-18-9-7-10-19-39)58(47)49(55)41-22-17-23-42(37-41)66-33-32-59/h7-12,17-25,36-37,45-49,59,64H,2-6,13-16,27-28,30-35H2,1H3. The van der Waals surface area contributed by atoms with Gasteiger partial charge in [0.15, 0.2) is 0 Å². The predicted molar refractivity (Wildman–Crippen MR) is 253 cm³/mol. The van der Waals surface area contributed by atoms with Crippen molar-refractivity contribution in [1.29, 1.82) is 0 Å². The number of carbonyl (C=O) groups is 4. The van der Waals surface area contributed by atoms with Crippen molar-refractivity contribution in [3.63, 3.8) is 0 Å². The van der Waals surface area contributed by atoms with Crippen LogP contribution in [0.4, 0.5) is 10.5 Å². The average Bonchev–Trinajstić information content (AvgIpc) is 3.68. The van der Waals surface area contributed by atoms with E-state index < -0.39 is 65.0 Å². The van der Waals surface area contributed by atoms with E-state index in [9.17, 15) is 15.0 Å². The summed E-state index contributed by atoms with van der Waals surface area (Å²) in [5, 5.41) is 21.6. The highest BCUT2D eigenvalue weighted by molar-refractivity contribution is 6.23. The summed E-state index contributed by atoms with van der Waals surface area (Å²) in [6.45, 7) is 0.515. The van der Waals surface area contributed by atoms with Crippen LogP contribution >= 0.6 is 0 Å². The van der Waals surface area contributed by atoms with E-state index in [1.165, 1.54) is 7.11 Å². The Morgan fingerprint density at radius 1 is 0.750 bits per heavy atom. The number of carbonyl (C=O) groups excluding carboxylic acids is 4. The highest BCUT2D eigenvalue weighted by Gasteiger charge is 2.76. The zero-order chi connectivity index (χ0) is 47.3. The van der Waals surface area contributed by atoms with Crippen molar-refractivity contribution in [2.75, 3.05) is 51.5 Å². The molecular weight excluding hydrogens is 863 g/mol. The number of benzene rings is 4. The van der Waals surface area contributed by atoms with E-state index in [4.69, 9.17) is 18.9 Å². The molecule has 68 heavy (non-hydrogen) atoms. The van der Waals surface area contributed by atoms with Crippen molar-refractivity contribution in [3.05, 3.63) is 131 Å². The van der Waals surface area contributed by atoms with Crippen LogP contribution < -0.4 is 9.64 Å². The number of hydrogen-bond donors (Lipinski definition) is 2. The number of morpholine rings is 1. The number of amides is 3. The number of esters is 1. The Labute approximate surface area is 398 Å². The molecule has 0 aromatic heterocycles. The van der Waals surface area contributed by atoms with Crippen LogP contribution in [-0.4, -0.2) is 102 Å². The number of nitrogens with zero attached hydrogens (tertiary/aromatic N) is 3. The molecule has 3 saturated heterocycles. The Kier molecular flexibility index (Phi) is 14.3. The van der Waals surface area contributed by atoms with Gasteiger partial charge in [-0.25, -0.2) is 9.69 Å². The normalized spacial score (nSPS) is 25.8. The van der Waals surface area contributed by atoms with Crippen molar-refractivity contribution >= 4 is 29.6 Å². The number of ether oxygens (including phenoxy) is 4. The van der Waals surface area contributed by atoms with E-state index in [0.29, 0.717) is 48.4 Å². The molecule has 3 amide bonds. The largest absolute Gasteiger partial charge is 0.491 e. The molecule has 4 fully saturated rings. The molecule has 13 nitrogen and oxygen atoms in total. The molecule has 13 heteroatoms. The van der Waals surface area contributed by atoms with Crippen LogP contribution in [0.5, 0.6) is 5.75 Å². The Morgan fingerprint density at radius 2 is 1.41 bits per heavy atom. The van der Waals surface area contributed by atoms with Crippen molar-refractivity contribution < 1.29 is 48.3 Å². The van der Waals surface area contributed by atoms with E-state index >= 15 is 14.4 Å². The molecule has 4 aromatic carbocycles. The summed E-state index contributed by atoms with van der Waals surface area (Å²) in [5.41, 5.74) is -0.184. The van der Waals surface area contributed by atoms with Gasteiger partial charge < -0.3 is 34.1 Å². The number of cyclic esters (lactones) is 1. The molecule has 1 spiro atoms. The number of fused-ring (bicyclic) bond motifs is 3. The van der Waals surface area contributed by atoms with Crippen LogP contribution in [0.1, 0.15) is 117 Å². The van der Waals surface area contributed by atoms with E-state index in [1.54, 1.807) is 41.3 Å². The first-order chi connectivity index (χ1) is 33.2. The molecular formula is C55H61N3O10. The first-order valence-corrected chi connectivity index (χ1v) is 24.3. The van der Waals surface area contributed by atoms with Crippen LogP contribution in [0.15, 0.2) is 103 Å². The van der Waals surface area contributed by atoms with Crippen LogP contribution in [-0.2, 0) is 34.0 Å². The summed E-state index contributed by atoms with van der Waals surface area (Å²) < 4.78 is 23.7. The van der Waals surface area contributed by atoms with Gasteiger partial charge in [0.1, 0.15) is 42.1 Å². The lowest BCUT2D eigenvalue weighted by Crippen LogP contribution is -2.56. The number of hydrogen-bond acceptors (Lipinski definition) is 11. The maximum absolute atomic E-state index is 16.6. The number of anilines is 1. The second-order valence-electron chi connectivity index (χ2n) is 18.7. The summed E-state index contributed by atoms with van der Waals surface area (Å²) in [7, 11) is 1.48. The summed E-state index contributed by atoms with van der Waals surface area (Å²) in [4.78, 5) is 67.8. The summed E-state index contributed by atoms with van der Waals surface area (Å²) in [6, 6.07) is 28.2. The minimum atomic E-state index is -2.00. The van der Waals surface area contributed by atoms with Crippen molar-refractivity contribution in [2.24, 2.45) is 5.92 Å². The van der Waals surface area contributed by atoms with Crippen LogP contribution in [0.3, 0.4) is 0 Å². The zero-order valence-electron chi connectivity index (χ0n) is 38.7. The minimum Gasteiger partial charge on any atom is -0.491 e. The zero-order valence-corrected chi connectivity index (χ0v) is 38.7. The van der Waals surface area contributed by atoms with Crippen molar-refractivity contribution in [1.82, 2.24) is 9.80 Å². The quantitative estimate of drug-likeness (QED) is 0.0695. The van der Waals surface area contributed by atoms with Crippen molar-refractivity contribution in [3.8, 4) is 17.6 Å². The Hall–Kier alpha value is -6.04. The third-order valence-corrected chi connectivity index (χ3v) is 14.5. The first kappa shape index (κ1) is 47.0. The number of imide groups is 1. The maximum Gasteiger partial charge on any atom is 0.421 e. The molecule has 9 rings (SSSR count). The fourth-order valence-corrected chi connectivity index (χ4v) is 11.5. The Bertz CT molecular complexity index is 2510. The molecule has 6 unspecified atom stereocenters. The topological polar surface area (TPSA) is 155 Å². The second kappa shape index (κ2) is 20.7. The van der Waals surface area contributed by atoms with Gasteiger partial charge in [0.05, 0.1) is 36.9 Å². The smallest absolute Gasteiger partial charge is 0.421 e. The molecule has 1 saturated carbocycles. The third-order valence-electron chi connectivity index (χ3n) is 14.5. The molecule has 0 radical (unpaired) electrons. The molecule has 4 aliphatic heterocycles. The number of methoxy groups -OCH3 is 1. The van der Waals surface area contributed by atoms with Gasteiger partial charge in [0, 0.05) is 25.8 Å². The fourth-order valence-electron chi connectivity index (χ4n) is 11.5. The van der Waals surface area contributed by atoms with Gasteiger partial charge in [-0.1, -0.05) is 117 Å². The molecule has 5 aliphatic rings. The molecule has 1 aliphatic carbocycles. The number of rotatable bonds is 10.